The Morgan fingerprint density at radius 3 is 2.65 bits per heavy atom. The summed E-state index contributed by atoms with van der Waals surface area (Å²) in [7, 11) is 0. The molecular formula is C19H25NO6. The number of hydrogen-bond acceptors (Lipinski definition) is 6. The second-order valence-electron chi connectivity index (χ2n) is 6.43. The van der Waals surface area contributed by atoms with Crippen molar-refractivity contribution in [3.63, 3.8) is 0 Å². The summed E-state index contributed by atoms with van der Waals surface area (Å²) in [6, 6.07) is 8.37. The topological polar surface area (TPSA) is 83.1 Å². The third-order valence-corrected chi connectivity index (χ3v) is 3.78. The van der Waals surface area contributed by atoms with Crippen LogP contribution in [0.3, 0.4) is 0 Å². The van der Waals surface area contributed by atoms with Gasteiger partial charge in [-0.25, -0.2) is 9.59 Å². The van der Waals surface area contributed by atoms with Gasteiger partial charge in [-0.1, -0.05) is 36.9 Å². The first-order chi connectivity index (χ1) is 12.3. The fourth-order valence-corrected chi connectivity index (χ4v) is 2.39. The van der Waals surface area contributed by atoms with E-state index in [4.69, 9.17) is 18.9 Å². The molecule has 1 unspecified atom stereocenters. The highest BCUT2D eigenvalue weighted by molar-refractivity contribution is 5.81. The van der Waals surface area contributed by atoms with Gasteiger partial charge in [0.05, 0.1) is 6.61 Å². The van der Waals surface area contributed by atoms with Crippen LogP contribution in [0.2, 0.25) is 0 Å². The number of nitrogens with one attached hydrogen (secondary N) is 1. The second-order valence-corrected chi connectivity index (χ2v) is 6.43. The van der Waals surface area contributed by atoms with Crippen molar-refractivity contribution in [1.29, 1.82) is 0 Å². The van der Waals surface area contributed by atoms with Crippen LogP contribution in [0.1, 0.15) is 26.3 Å². The zero-order valence-corrected chi connectivity index (χ0v) is 15.3. The lowest BCUT2D eigenvalue weighted by Crippen LogP contribution is -2.43. The number of benzene rings is 1. The minimum absolute atomic E-state index is 0.117. The monoisotopic (exact) mass is 363 g/mol. The maximum absolute atomic E-state index is 12.2. The predicted molar refractivity (Wildman–Crippen MR) is 94.2 cm³/mol. The lowest BCUT2D eigenvalue weighted by Gasteiger charge is -2.23. The summed E-state index contributed by atoms with van der Waals surface area (Å²) < 4.78 is 21.6. The molecule has 2 rings (SSSR count). The van der Waals surface area contributed by atoms with Gasteiger partial charge in [0.25, 0.3) is 0 Å². The summed E-state index contributed by atoms with van der Waals surface area (Å²) in [5, 5.41) is 2.44. The Hall–Kier alpha value is -2.38. The average Bonchev–Trinajstić information content (AvgIpc) is 2.98. The Morgan fingerprint density at radius 2 is 2.08 bits per heavy atom. The molecule has 0 saturated carbocycles. The summed E-state index contributed by atoms with van der Waals surface area (Å²) in [4.78, 5) is 24.0. The van der Waals surface area contributed by atoms with E-state index in [1.165, 1.54) is 13.0 Å². The van der Waals surface area contributed by atoms with Crippen molar-refractivity contribution in [2.45, 2.75) is 51.4 Å². The highest BCUT2D eigenvalue weighted by Crippen LogP contribution is 2.25. The normalized spacial score (nSPS) is 20.7. The molecule has 7 nitrogen and oxygen atoms in total. The molecule has 0 bridgehead atoms. The third-order valence-electron chi connectivity index (χ3n) is 3.78. The van der Waals surface area contributed by atoms with Gasteiger partial charge >= 0.3 is 12.1 Å². The van der Waals surface area contributed by atoms with Crippen LogP contribution in [-0.4, -0.2) is 42.7 Å². The van der Waals surface area contributed by atoms with Gasteiger partial charge in [-0.15, -0.1) is 0 Å². The van der Waals surface area contributed by atoms with Crippen LogP contribution in [0.15, 0.2) is 43.0 Å². The molecule has 142 valence electrons. The summed E-state index contributed by atoms with van der Waals surface area (Å²) in [5.41, 5.74) is 0.852. The molecule has 1 aliphatic rings. The molecule has 26 heavy (non-hydrogen) atoms. The molecule has 1 aromatic rings. The van der Waals surface area contributed by atoms with E-state index in [1.807, 2.05) is 30.3 Å². The largest absolute Gasteiger partial charge is 0.454 e. The van der Waals surface area contributed by atoms with Gasteiger partial charge in [0.2, 0.25) is 0 Å². The zero-order chi connectivity index (χ0) is 19.2. The summed E-state index contributed by atoms with van der Waals surface area (Å²) >= 11 is 0. The molecule has 3 atom stereocenters. The molecule has 0 spiro atoms. The minimum atomic E-state index is -0.879. The molecule has 1 N–H and O–H groups in total. The number of esters is 1. The van der Waals surface area contributed by atoms with Crippen molar-refractivity contribution in [1.82, 2.24) is 5.32 Å². The number of hydrogen-bond donors (Lipinski definition) is 1. The number of carbonyl (C=O) groups is 2. The molecule has 0 aromatic heterocycles. The maximum Gasteiger partial charge on any atom is 0.408 e. The third kappa shape index (κ3) is 5.86. The SMILES string of the molecule is C=C[C@@H](OC(=O)C(C)NC(=O)OCc1ccccc1)[C@H]1COC(C)(C)O1. The highest BCUT2D eigenvalue weighted by atomic mass is 16.8. The van der Waals surface area contributed by atoms with Crippen LogP contribution in [-0.2, 0) is 30.3 Å². The van der Waals surface area contributed by atoms with Gasteiger partial charge in [0.15, 0.2) is 5.79 Å². The summed E-state index contributed by atoms with van der Waals surface area (Å²) in [6.45, 7) is 9.15. The lowest BCUT2D eigenvalue weighted by atomic mass is 10.2. The average molecular weight is 363 g/mol. The van der Waals surface area contributed by atoms with Gasteiger partial charge in [-0.05, 0) is 32.4 Å². The number of carbonyl (C=O) groups excluding carboxylic acids is 2. The molecule has 1 fully saturated rings. The van der Waals surface area contributed by atoms with Crippen LogP contribution in [0.5, 0.6) is 0 Å². The Morgan fingerprint density at radius 1 is 1.38 bits per heavy atom. The van der Waals surface area contributed by atoms with Crippen molar-refractivity contribution in [3.8, 4) is 0 Å². The number of alkyl carbamates (subject to hydrolysis) is 1. The number of amides is 1. The Balaban J connectivity index is 1.78. The zero-order valence-electron chi connectivity index (χ0n) is 15.3. The lowest BCUT2D eigenvalue weighted by molar-refractivity contribution is -0.166. The van der Waals surface area contributed by atoms with Crippen LogP contribution in [0.4, 0.5) is 4.79 Å². The molecular weight excluding hydrogens is 338 g/mol. The van der Waals surface area contributed by atoms with Crippen molar-refractivity contribution in [2.75, 3.05) is 6.61 Å². The van der Waals surface area contributed by atoms with E-state index in [1.54, 1.807) is 13.8 Å². The van der Waals surface area contributed by atoms with E-state index in [-0.39, 0.29) is 13.2 Å². The van der Waals surface area contributed by atoms with Gasteiger partial charge < -0.3 is 24.3 Å². The van der Waals surface area contributed by atoms with E-state index in [0.29, 0.717) is 0 Å². The molecule has 1 amide bonds. The van der Waals surface area contributed by atoms with Gasteiger partial charge in [0.1, 0.15) is 24.9 Å². The quantitative estimate of drug-likeness (QED) is 0.592. The fourth-order valence-electron chi connectivity index (χ4n) is 2.39. The smallest absolute Gasteiger partial charge is 0.408 e. The molecule has 1 aliphatic heterocycles. The second kappa shape index (κ2) is 8.82. The Kier molecular flexibility index (Phi) is 6.76. The Bertz CT molecular complexity index is 630. The van der Waals surface area contributed by atoms with E-state index in [0.717, 1.165) is 5.56 Å². The fraction of sp³-hybridized carbons (Fsp3) is 0.474. The molecule has 1 aromatic carbocycles. The molecule has 0 radical (unpaired) electrons. The van der Waals surface area contributed by atoms with E-state index < -0.39 is 36.1 Å². The van der Waals surface area contributed by atoms with Crippen molar-refractivity contribution >= 4 is 12.1 Å². The van der Waals surface area contributed by atoms with Gasteiger partial charge in [-0.3, -0.25) is 0 Å². The molecule has 1 heterocycles. The van der Waals surface area contributed by atoms with Crippen molar-refractivity contribution < 1.29 is 28.5 Å². The highest BCUT2D eigenvalue weighted by Gasteiger charge is 2.38. The Labute approximate surface area is 153 Å². The summed E-state index contributed by atoms with van der Waals surface area (Å²) in [5.74, 6) is -1.34. The van der Waals surface area contributed by atoms with E-state index >= 15 is 0 Å². The molecule has 7 heteroatoms. The van der Waals surface area contributed by atoms with Gasteiger partial charge in [-0.2, -0.15) is 0 Å². The first kappa shape index (κ1) is 19.9. The predicted octanol–water partition coefficient (Wildman–Crippen LogP) is 2.55. The van der Waals surface area contributed by atoms with Crippen LogP contribution in [0.25, 0.3) is 0 Å². The van der Waals surface area contributed by atoms with Crippen molar-refractivity contribution in [3.05, 3.63) is 48.6 Å². The van der Waals surface area contributed by atoms with E-state index in [2.05, 4.69) is 11.9 Å². The van der Waals surface area contributed by atoms with Gasteiger partial charge in [0, 0.05) is 0 Å². The van der Waals surface area contributed by atoms with E-state index in [9.17, 15) is 9.59 Å². The van der Waals surface area contributed by atoms with Crippen LogP contribution < -0.4 is 5.32 Å². The van der Waals surface area contributed by atoms with Crippen molar-refractivity contribution in [2.24, 2.45) is 0 Å². The number of ether oxygens (including phenoxy) is 4. The molecule has 1 saturated heterocycles. The number of rotatable bonds is 7. The first-order valence-corrected chi connectivity index (χ1v) is 8.43. The minimum Gasteiger partial charge on any atom is -0.454 e. The van der Waals surface area contributed by atoms with Crippen LogP contribution in [0, 0.1) is 0 Å². The first-order valence-electron chi connectivity index (χ1n) is 8.43. The molecule has 0 aliphatic carbocycles. The maximum atomic E-state index is 12.2. The standard InChI is InChI=1S/C19H25NO6/c1-5-15(16-12-24-19(3,4)26-16)25-17(21)13(2)20-18(22)23-11-14-9-7-6-8-10-14/h5-10,13,15-16H,1,11-12H2,2-4H3,(H,20,22)/t13?,15-,16-/m1/s1. The van der Waals surface area contributed by atoms with Crippen LogP contribution >= 0.6 is 0 Å². The summed E-state index contributed by atoms with van der Waals surface area (Å²) in [6.07, 6.45) is -0.332.